The summed E-state index contributed by atoms with van der Waals surface area (Å²) in [6.45, 7) is 3.94. The molecule has 0 bridgehead atoms. The van der Waals surface area contributed by atoms with Crippen LogP contribution in [-0.4, -0.2) is 15.8 Å². The lowest BCUT2D eigenvalue weighted by Crippen LogP contribution is -2.16. The van der Waals surface area contributed by atoms with Gasteiger partial charge in [0.05, 0.1) is 12.7 Å². The van der Waals surface area contributed by atoms with Crippen molar-refractivity contribution in [2.24, 2.45) is 0 Å². The van der Waals surface area contributed by atoms with Gasteiger partial charge >= 0.3 is 0 Å². The third-order valence-corrected chi connectivity index (χ3v) is 4.03. The molecular formula is C16H20ClN3. The fourth-order valence-electron chi connectivity index (χ4n) is 2.45. The minimum Gasteiger partial charge on any atom is -0.310 e. The summed E-state index contributed by atoms with van der Waals surface area (Å²) < 4.78 is 2.10. The van der Waals surface area contributed by atoms with Gasteiger partial charge in [-0.05, 0) is 37.0 Å². The average molecular weight is 290 g/mol. The molecule has 3 nitrogen and oxygen atoms in total. The van der Waals surface area contributed by atoms with Crippen molar-refractivity contribution in [1.82, 2.24) is 15.1 Å². The summed E-state index contributed by atoms with van der Waals surface area (Å²) >= 11 is 5.92. The molecule has 1 saturated carbocycles. The molecule has 20 heavy (non-hydrogen) atoms. The largest absolute Gasteiger partial charge is 0.310 e. The second kappa shape index (κ2) is 5.98. The normalized spacial score (nSPS) is 14.7. The molecule has 1 aliphatic rings. The van der Waals surface area contributed by atoms with E-state index in [1.807, 2.05) is 18.3 Å². The number of nitrogens with one attached hydrogen (secondary N) is 1. The Balaban J connectivity index is 1.73. The topological polar surface area (TPSA) is 29.9 Å². The molecule has 0 unspecified atom stereocenters. The zero-order valence-corrected chi connectivity index (χ0v) is 12.5. The van der Waals surface area contributed by atoms with Crippen LogP contribution < -0.4 is 5.32 Å². The molecule has 106 valence electrons. The highest BCUT2D eigenvalue weighted by atomic mass is 35.5. The van der Waals surface area contributed by atoms with Gasteiger partial charge in [0.2, 0.25) is 0 Å². The second-order valence-electron chi connectivity index (χ2n) is 5.41. The van der Waals surface area contributed by atoms with E-state index >= 15 is 0 Å². The summed E-state index contributed by atoms with van der Waals surface area (Å²) in [6, 6.07) is 8.72. The van der Waals surface area contributed by atoms with Gasteiger partial charge < -0.3 is 5.32 Å². The minimum atomic E-state index is 0.735. The highest BCUT2D eigenvalue weighted by molar-refractivity contribution is 6.30. The smallest absolute Gasteiger partial charge is 0.0662 e. The number of benzene rings is 1. The second-order valence-corrected chi connectivity index (χ2v) is 5.85. The van der Waals surface area contributed by atoms with Gasteiger partial charge in [0, 0.05) is 28.9 Å². The molecule has 1 fully saturated rings. The first-order valence-corrected chi connectivity index (χ1v) is 7.65. The van der Waals surface area contributed by atoms with Crippen LogP contribution in [0, 0.1) is 0 Å². The zero-order chi connectivity index (χ0) is 13.9. The van der Waals surface area contributed by atoms with Gasteiger partial charge in [0.1, 0.15) is 0 Å². The van der Waals surface area contributed by atoms with Gasteiger partial charge in [0.25, 0.3) is 0 Å². The first-order valence-electron chi connectivity index (χ1n) is 7.27. The fraction of sp³-hybridized carbons (Fsp3) is 0.438. The molecule has 1 heterocycles. The van der Waals surface area contributed by atoms with Crippen LogP contribution in [0.4, 0.5) is 0 Å². The fourth-order valence-corrected chi connectivity index (χ4v) is 2.57. The monoisotopic (exact) mass is 289 g/mol. The molecule has 0 spiro atoms. The number of aromatic nitrogens is 2. The molecule has 0 aliphatic heterocycles. The Hall–Kier alpha value is -1.32. The quantitative estimate of drug-likeness (QED) is 0.883. The Bertz CT molecular complexity index is 570. The third-order valence-electron chi connectivity index (χ3n) is 3.77. The molecular weight excluding hydrogens is 270 g/mol. The molecule has 4 heteroatoms. The molecule has 1 N–H and O–H groups in total. The molecule has 1 aromatic carbocycles. The summed E-state index contributed by atoms with van der Waals surface area (Å²) in [6.07, 6.45) is 5.65. The van der Waals surface area contributed by atoms with Crippen molar-refractivity contribution in [3.05, 3.63) is 52.3 Å². The van der Waals surface area contributed by atoms with Crippen molar-refractivity contribution in [3.63, 3.8) is 0 Å². The Labute approximate surface area is 124 Å². The zero-order valence-electron chi connectivity index (χ0n) is 11.8. The van der Waals surface area contributed by atoms with E-state index in [4.69, 9.17) is 11.6 Å². The van der Waals surface area contributed by atoms with Crippen molar-refractivity contribution in [1.29, 1.82) is 0 Å². The van der Waals surface area contributed by atoms with Gasteiger partial charge in [-0.1, -0.05) is 30.7 Å². The van der Waals surface area contributed by atoms with E-state index in [2.05, 4.69) is 34.2 Å². The van der Waals surface area contributed by atoms with Crippen LogP contribution in [0.2, 0.25) is 5.02 Å². The summed E-state index contributed by atoms with van der Waals surface area (Å²) in [5.74, 6) is 0. The summed E-state index contributed by atoms with van der Waals surface area (Å²) in [5, 5.41) is 8.89. The summed E-state index contributed by atoms with van der Waals surface area (Å²) in [7, 11) is 0. The first-order chi connectivity index (χ1) is 9.76. The molecule has 0 amide bonds. The lowest BCUT2D eigenvalue weighted by atomic mass is 10.2. The van der Waals surface area contributed by atoms with Crippen molar-refractivity contribution in [2.75, 3.05) is 0 Å². The maximum atomic E-state index is 5.92. The van der Waals surface area contributed by atoms with Crippen molar-refractivity contribution >= 4 is 11.6 Å². The Morgan fingerprint density at radius 3 is 2.70 bits per heavy atom. The van der Waals surface area contributed by atoms with E-state index in [1.54, 1.807) is 0 Å². The van der Waals surface area contributed by atoms with Crippen LogP contribution in [-0.2, 0) is 19.5 Å². The Kier molecular flexibility index (Phi) is 4.08. The maximum absolute atomic E-state index is 5.92. The molecule has 0 radical (unpaired) electrons. The van der Waals surface area contributed by atoms with Gasteiger partial charge in [-0.2, -0.15) is 5.10 Å². The Morgan fingerprint density at radius 1 is 1.30 bits per heavy atom. The van der Waals surface area contributed by atoms with Gasteiger partial charge in [-0.25, -0.2) is 0 Å². The number of halogens is 1. The number of rotatable bonds is 6. The van der Waals surface area contributed by atoms with E-state index in [9.17, 15) is 0 Å². The van der Waals surface area contributed by atoms with E-state index in [0.717, 1.165) is 30.6 Å². The molecule has 3 rings (SSSR count). The van der Waals surface area contributed by atoms with Crippen LogP contribution in [0.5, 0.6) is 0 Å². The van der Waals surface area contributed by atoms with Gasteiger partial charge in [-0.3, -0.25) is 4.68 Å². The van der Waals surface area contributed by atoms with Gasteiger partial charge in [0.15, 0.2) is 0 Å². The first kappa shape index (κ1) is 13.7. The van der Waals surface area contributed by atoms with Crippen LogP contribution in [0.15, 0.2) is 30.5 Å². The van der Waals surface area contributed by atoms with Crippen molar-refractivity contribution < 1.29 is 0 Å². The predicted octanol–water partition coefficient (Wildman–Crippen LogP) is 3.40. The standard InChI is InChI=1S/C16H20ClN3/c1-2-16-13(9-18-15-7-8-15)10-19-20(16)11-12-3-5-14(17)6-4-12/h3-6,10,15,18H,2,7-9,11H2,1H3. The Morgan fingerprint density at radius 2 is 2.05 bits per heavy atom. The van der Waals surface area contributed by atoms with Gasteiger partial charge in [-0.15, -0.1) is 0 Å². The molecule has 0 atom stereocenters. The van der Waals surface area contributed by atoms with Crippen LogP contribution in [0.1, 0.15) is 36.6 Å². The van der Waals surface area contributed by atoms with Crippen molar-refractivity contribution in [2.45, 2.75) is 45.3 Å². The van der Waals surface area contributed by atoms with E-state index < -0.39 is 0 Å². The highest BCUT2D eigenvalue weighted by Crippen LogP contribution is 2.20. The highest BCUT2D eigenvalue weighted by Gasteiger charge is 2.21. The lowest BCUT2D eigenvalue weighted by molar-refractivity contribution is 0.638. The van der Waals surface area contributed by atoms with Crippen LogP contribution in [0.3, 0.4) is 0 Å². The summed E-state index contributed by atoms with van der Waals surface area (Å²) in [4.78, 5) is 0. The molecule has 2 aromatic rings. The van der Waals surface area contributed by atoms with E-state index in [1.165, 1.54) is 29.7 Å². The number of hydrogen-bond donors (Lipinski definition) is 1. The number of nitrogens with zero attached hydrogens (tertiary/aromatic N) is 2. The lowest BCUT2D eigenvalue weighted by Gasteiger charge is -2.09. The molecule has 0 saturated heterocycles. The predicted molar refractivity (Wildman–Crippen MR) is 82.0 cm³/mol. The molecule has 1 aliphatic carbocycles. The van der Waals surface area contributed by atoms with Crippen molar-refractivity contribution in [3.8, 4) is 0 Å². The van der Waals surface area contributed by atoms with Crippen LogP contribution >= 0.6 is 11.6 Å². The summed E-state index contributed by atoms with van der Waals surface area (Å²) in [5.41, 5.74) is 3.88. The van der Waals surface area contributed by atoms with E-state index in [-0.39, 0.29) is 0 Å². The minimum absolute atomic E-state index is 0.735. The SMILES string of the molecule is CCc1c(CNC2CC2)cnn1Cc1ccc(Cl)cc1. The van der Waals surface area contributed by atoms with E-state index in [0.29, 0.717) is 0 Å². The third kappa shape index (κ3) is 3.22. The maximum Gasteiger partial charge on any atom is 0.0662 e. The van der Waals surface area contributed by atoms with Crippen LogP contribution in [0.25, 0.3) is 0 Å². The molecule has 1 aromatic heterocycles. The average Bonchev–Trinajstić information content (AvgIpc) is 3.21. The number of hydrogen-bond acceptors (Lipinski definition) is 2.